The Kier molecular flexibility index (Phi) is 3.35. The van der Waals surface area contributed by atoms with Gasteiger partial charge in [0, 0.05) is 11.6 Å². The van der Waals surface area contributed by atoms with E-state index in [1.165, 1.54) is 11.1 Å². The number of ether oxygens (including phenoxy) is 3. The minimum Gasteiger partial charge on any atom is -0.493 e. The first kappa shape index (κ1) is 12.3. The van der Waals surface area contributed by atoms with Crippen LogP contribution in [0, 0.1) is 0 Å². The molecule has 5 heteroatoms. The molecule has 0 radical (unpaired) electrons. The summed E-state index contributed by atoms with van der Waals surface area (Å²) in [4.78, 5) is 0. The number of methoxy groups -OCH3 is 1. The van der Waals surface area contributed by atoms with Gasteiger partial charge in [0.25, 0.3) is 0 Å². The molecule has 2 aliphatic heterocycles. The van der Waals surface area contributed by atoms with Gasteiger partial charge in [-0.3, -0.25) is 0 Å². The van der Waals surface area contributed by atoms with Gasteiger partial charge in [-0.1, -0.05) is 0 Å². The SMILES string of the molecule is COc1cc2c(c3c1OCO3)C(C)NCC2.Cl. The number of benzene rings is 1. The molecule has 17 heavy (non-hydrogen) atoms. The molecule has 94 valence electrons. The van der Waals surface area contributed by atoms with Gasteiger partial charge in [0.15, 0.2) is 11.5 Å². The standard InChI is InChI=1S/C12H15NO3.ClH/c1-7-10-8(3-4-13-7)5-9(14-2)11-12(10)16-6-15-11;/h5,7,13H,3-4,6H2,1-2H3;1H. The molecule has 0 spiro atoms. The fraction of sp³-hybridized carbons (Fsp3) is 0.500. The number of hydrogen-bond acceptors (Lipinski definition) is 4. The van der Waals surface area contributed by atoms with Crippen LogP contribution in [0.3, 0.4) is 0 Å². The molecule has 0 saturated carbocycles. The molecule has 1 aromatic carbocycles. The van der Waals surface area contributed by atoms with Gasteiger partial charge >= 0.3 is 0 Å². The van der Waals surface area contributed by atoms with Crippen LogP contribution in [-0.2, 0) is 6.42 Å². The monoisotopic (exact) mass is 257 g/mol. The Hall–Kier alpha value is -1.13. The normalized spacial score (nSPS) is 20.5. The number of fused-ring (bicyclic) bond motifs is 3. The van der Waals surface area contributed by atoms with Gasteiger partial charge in [0.1, 0.15) is 0 Å². The molecule has 0 amide bonds. The van der Waals surface area contributed by atoms with Gasteiger partial charge in [-0.15, -0.1) is 12.4 Å². The van der Waals surface area contributed by atoms with Crippen LogP contribution in [0.4, 0.5) is 0 Å². The van der Waals surface area contributed by atoms with E-state index >= 15 is 0 Å². The largest absolute Gasteiger partial charge is 0.493 e. The highest BCUT2D eigenvalue weighted by Gasteiger charge is 2.30. The van der Waals surface area contributed by atoms with E-state index in [4.69, 9.17) is 14.2 Å². The molecule has 0 aromatic heterocycles. The Morgan fingerprint density at radius 2 is 2.12 bits per heavy atom. The van der Waals surface area contributed by atoms with Gasteiger partial charge in [0.2, 0.25) is 12.5 Å². The maximum Gasteiger partial charge on any atom is 0.231 e. The van der Waals surface area contributed by atoms with Crippen molar-refractivity contribution < 1.29 is 14.2 Å². The van der Waals surface area contributed by atoms with Crippen LogP contribution in [-0.4, -0.2) is 20.4 Å². The van der Waals surface area contributed by atoms with Crippen molar-refractivity contribution in [3.63, 3.8) is 0 Å². The summed E-state index contributed by atoms with van der Waals surface area (Å²) >= 11 is 0. The lowest BCUT2D eigenvalue weighted by atomic mass is 9.93. The van der Waals surface area contributed by atoms with Crippen molar-refractivity contribution in [3.05, 3.63) is 17.2 Å². The Morgan fingerprint density at radius 3 is 2.88 bits per heavy atom. The molecule has 2 heterocycles. The van der Waals surface area contributed by atoms with Crippen LogP contribution < -0.4 is 19.5 Å². The lowest BCUT2D eigenvalue weighted by Gasteiger charge is -2.25. The highest BCUT2D eigenvalue weighted by Crippen LogP contribution is 2.48. The molecule has 1 N–H and O–H groups in total. The molecule has 2 aliphatic rings. The average molecular weight is 258 g/mol. The molecule has 0 bridgehead atoms. The minimum atomic E-state index is 0. The summed E-state index contributed by atoms with van der Waals surface area (Å²) in [6.45, 7) is 3.43. The molecular formula is C12H16ClNO3. The Balaban J connectivity index is 0.00000108. The van der Waals surface area contributed by atoms with Crippen LogP contribution in [0.25, 0.3) is 0 Å². The molecule has 1 aromatic rings. The van der Waals surface area contributed by atoms with Crippen LogP contribution in [0.15, 0.2) is 6.07 Å². The lowest BCUT2D eigenvalue weighted by Crippen LogP contribution is -2.28. The minimum absolute atomic E-state index is 0. The molecule has 0 fully saturated rings. The zero-order valence-corrected chi connectivity index (χ0v) is 10.7. The van der Waals surface area contributed by atoms with Crippen LogP contribution in [0.2, 0.25) is 0 Å². The fourth-order valence-electron chi connectivity index (χ4n) is 2.47. The molecule has 1 atom stereocenters. The van der Waals surface area contributed by atoms with E-state index < -0.39 is 0 Å². The third-order valence-corrected chi connectivity index (χ3v) is 3.23. The predicted octanol–water partition coefficient (Wildman–Crippen LogP) is 2.05. The molecule has 0 saturated heterocycles. The maximum atomic E-state index is 5.57. The summed E-state index contributed by atoms with van der Waals surface area (Å²) in [5, 5.41) is 3.43. The lowest BCUT2D eigenvalue weighted by molar-refractivity contribution is 0.170. The maximum absolute atomic E-state index is 5.57. The molecule has 3 rings (SSSR count). The third-order valence-electron chi connectivity index (χ3n) is 3.23. The van der Waals surface area contributed by atoms with Crippen molar-refractivity contribution in [3.8, 4) is 17.2 Å². The van der Waals surface area contributed by atoms with Crippen molar-refractivity contribution in [1.82, 2.24) is 5.32 Å². The molecular weight excluding hydrogens is 242 g/mol. The van der Waals surface area contributed by atoms with Crippen LogP contribution in [0.1, 0.15) is 24.1 Å². The van der Waals surface area contributed by atoms with Crippen molar-refractivity contribution in [2.75, 3.05) is 20.4 Å². The number of rotatable bonds is 1. The zero-order chi connectivity index (χ0) is 11.1. The predicted molar refractivity (Wildman–Crippen MR) is 66.5 cm³/mol. The van der Waals surface area contributed by atoms with E-state index in [9.17, 15) is 0 Å². The summed E-state index contributed by atoms with van der Waals surface area (Å²) in [7, 11) is 1.66. The van der Waals surface area contributed by atoms with Gasteiger partial charge < -0.3 is 19.5 Å². The van der Waals surface area contributed by atoms with Crippen molar-refractivity contribution >= 4 is 12.4 Å². The van der Waals surface area contributed by atoms with E-state index in [0.29, 0.717) is 6.04 Å². The smallest absolute Gasteiger partial charge is 0.231 e. The van der Waals surface area contributed by atoms with E-state index in [1.807, 2.05) is 0 Å². The Morgan fingerprint density at radius 1 is 1.35 bits per heavy atom. The average Bonchev–Trinajstić information content (AvgIpc) is 2.76. The van der Waals surface area contributed by atoms with E-state index in [1.54, 1.807) is 7.11 Å². The van der Waals surface area contributed by atoms with Gasteiger partial charge in [-0.05, 0) is 31.5 Å². The third kappa shape index (κ3) is 1.81. The molecule has 0 aliphatic carbocycles. The Bertz CT molecular complexity index is 436. The van der Waals surface area contributed by atoms with E-state index in [0.717, 1.165) is 30.2 Å². The Labute approximate surface area is 107 Å². The van der Waals surface area contributed by atoms with Crippen molar-refractivity contribution in [2.45, 2.75) is 19.4 Å². The highest BCUT2D eigenvalue weighted by atomic mass is 35.5. The van der Waals surface area contributed by atoms with Crippen molar-refractivity contribution in [1.29, 1.82) is 0 Å². The number of halogens is 1. The van der Waals surface area contributed by atoms with Gasteiger partial charge in [-0.25, -0.2) is 0 Å². The number of hydrogen-bond donors (Lipinski definition) is 1. The highest BCUT2D eigenvalue weighted by molar-refractivity contribution is 5.85. The first-order valence-electron chi connectivity index (χ1n) is 5.54. The zero-order valence-electron chi connectivity index (χ0n) is 9.91. The van der Waals surface area contributed by atoms with Crippen LogP contribution >= 0.6 is 12.4 Å². The van der Waals surface area contributed by atoms with Gasteiger partial charge in [0.05, 0.1) is 7.11 Å². The second-order valence-electron chi connectivity index (χ2n) is 4.14. The van der Waals surface area contributed by atoms with E-state index in [-0.39, 0.29) is 19.2 Å². The summed E-state index contributed by atoms with van der Waals surface area (Å²) in [5.41, 5.74) is 2.52. The summed E-state index contributed by atoms with van der Waals surface area (Å²) in [6, 6.07) is 2.38. The quantitative estimate of drug-likeness (QED) is 0.836. The first-order chi connectivity index (χ1) is 7.81. The molecule has 4 nitrogen and oxygen atoms in total. The number of nitrogens with one attached hydrogen (secondary N) is 1. The topological polar surface area (TPSA) is 39.7 Å². The molecule has 1 unspecified atom stereocenters. The fourth-order valence-corrected chi connectivity index (χ4v) is 2.47. The second-order valence-corrected chi connectivity index (χ2v) is 4.14. The summed E-state index contributed by atoms with van der Waals surface area (Å²) in [5.74, 6) is 2.38. The van der Waals surface area contributed by atoms with E-state index in [2.05, 4.69) is 18.3 Å². The first-order valence-corrected chi connectivity index (χ1v) is 5.54. The van der Waals surface area contributed by atoms with Gasteiger partial charge in [-0.2, -0.15) is 0 Å². The summed E-state index contributed by atoms with van der Waals surface area (Å²) in [6.07, 6.45) is 1.01. The van der Waals surface area contributed by atoms with Crippen LogP contribution in [0.5, 0.6) is 17.2 Å². The second kappa shape index (κ2) is 4.63. The van der Waals surface area contributed by atoms with Crippen molar-refractivity contribution in [2.24, 2.45) is 0 Å². The summed E-state index contributed by atoms with van der Waals surface area (Å²) < 4.78 is 16.4.